The van der Waals surface area contributed by atoms with Crippen LogP contribution in [0.2, 0.25) is 5.02 Å². The van der Waals surface area contributed by atoms with Crippen LogP contribution in [0.3, 0.4) is 0 Å². The second kappa shape index (κ2) is 5.72. The van der Waals surface area contributed by atoms with Crippen LogP contribution in [0.15, 0.2) is 22.7 Å². The summed E-state index contributed by atoms with van der Waals surface area (Å²) in [6.45, 7) is 1.59. The number of H-pyrrole nitrogens is 1. The van der Waals surface area contributed by atoms with E-state index in [0.29, 0.717) is 20.9 Å². The fraction of sp³-hybridized carbons (Fsp3) is 0.167. The number of nitro groups is 1. The highest BCUT2D eigenvalue weighted by Gasteiger charge is 2.22. The van der Waals surface area contributed by atoms with E-state index in [1.165, 1.54) is 0 Å². The summed E-state index contributed by atoms with van der Waals surface area (Å²) in [6.07, 6.45) is -0.184. The number of benzene rings is 1. The molecule has 20 heavy (non-hydrogen) atoms. The third-order valence-corrected chi connectivity index (χ3v) is 3.44. The molecule has 8 heteroatoms. The van der Waals surface area contributed by atoms with Crippen molar-refractivity contribution in [2.75, 3.05) is 0 Å². The molecule has 0 aliphatic carbocycles. The first-order valence-corrected chi connectivity index (χ1v) is 6.73. The van der Waals surface area contributed by atoms with Crippen LogP contribution < -0.4 is 0 Å². The summed E-state index contributed by atoms with van der Waals surface area (Å²) < 4.78 is 0.706. The molecular weight excluding hydrogens is 350 g/mol. The van der Waals surface area contributed by atoms with Gasteiger partial charge in [-0.2, -0.15) is 0 Å². The Balaban J connectivity index is 2.32. The standard InChI is InChI=1S/C12H9BrClN3O3/c1-6-15-10(12(16-6)17(19)20)5-11(18)8-4-7(13)2-3-9(8)14/h2-4H,5H2,1H3,(H,15,16). The van der Waals surface area contributed by atoms with Crippen LogP contribution in [0.5, 0.6) is 0 Å². The second-order valence-corrected chi connectivity index (χ2v) is 5.42. The van der Waals surface area contributed by atoms with Crippen LogP contribution in [-0.4, -0.2) is 20.7 Å². The van der Waals surface area contributed by atoms with Crippen molar-refractivity contribution in [3.05, 3.63) is 54.9 Å². The molecule has 1 aromatic heterocycles. The molecule has 0 aliphatic rings. The van der Waals surface area contributed by atoms with E-state index >= 15 is 0 Å². The van der Waals surface area contributed by atoms with E-state index in [1.807, 2.05) is 0 Å². The van der Waals surface area contributed by atoms with Crippen LogP contribution in [0.4, 0.5) is 5.82 Å². The lowest BCUT2D eigenvalue weighted by Gasteiger charge is -2.03. The lowest BCUT2D eigenvalue weighted by molar-refractivity contribution is -0.390. The lowest BCUT2D eigenvalue weighted by Crippen LogP contribution is -2.06. The Morgan fingerprint density at radius 1 is 1.55 bits per heavy atom. The van der Waals surface area contributed by atoms with Gasteiger partial charge >= 0.3 is 5.82 Å². The number of nitrogens with zero attached hydrogens (tertiary/aromatic N) is 2. The SMILES string of the molecule is Cc1nc(CC(=O)c2cc(Br)ccc2Cl)c([N+](=O)[O-])[nH]1. The number of aryl methyl sites for hydroxylation is 1. The number of carbonyl (C=O) groups excluding carboxylic acids is 1. The van der Waals surface area contributed by atoms with E-state index in [2.05, 4.69) is 25.9 Å². The number of hydrogen-bond donors (Lipinski definition) is 1. The Hall–Kier alpha value is -1.73. The van der Waals surface area contributed by atoms with Gasteiger partial charge in [0.25, 0.3) is 0 Å². The van der Waals surface area contributed by atoms with Crippen molar-refractivity contribution in [1.82, 2.24) is 9.97 Å². The first kappa shape index (κ1) is 14.7. The second-order valence-electron chi connectivity index (χ2n) is 4.10. The molecule has 1 N–H and O–H groups in total. The maximum absolute atomic E-state index is 12.2. The van der Waals surface area contributed by atoms with Crippen LogP contribution in [0, 0.1) is 17.0 Å². The number of aromatic nitrogens is 2. The smallest absolute Gasteiger partial charge is 0.344 e. The Morgan fingerprint density at radius 3 is 2.90 bits per heavy atom. The Bertz CT molecular complexity index is 699. The van der Waals surface area contributed by atoms with E-state index in [-0.39, 0.29) is 23.7 Å². The molecule has 0 bridgehead atoms. The number of halogens is 2. The first-order chi connectivity index (χ1) is 9.38. The maximum Gasteiger partial charge on any atom is 0.344 e. The number of imidazole rings is 1. The molecule has 2 rings (SSSR count). The quantitative estimate of drug-likeness (QED) is 0.515. The number of rotatable bonds is 4. The zero-order valence-electron chi connectivity index (χ0n) is 10.3. The molecule has 1 aromatic carbocycles. The Morgan fingerprint density at radius 2 is 2.25 bits per heavy atom. The topological polar surface area (TPSA) is 88.9 Å². The molecule has 0 spiro atoms. The van der Waals surface area contributed by atoms with E-state index in [0.717, 1.165) is 0 Å². The van der Waals surface area contributed by atoms with Crippen LogP contribution >= 0.6 is 27.5 Å². The van der Waals surface area contributed by atoms with Gasteiger partial charge in [-0.15, -0.1) is 0 Å². The largest absolute Gasteiger partial charge is 0.358 e. The van der Waals surface area contributed by atoms with E-state index in [4.69, 9.17) is 11.6 Å². The van der Waals surface area contributed by atoms with E-state index in [9.17, 15) is 14.9 Å². The molecule has 0 radical (unpaired) electrons. The molecule has 0 saturated carbocycles. The van der Waals surface area contributed by atoms with Crippen molar-refractivity contribution in [1.29, 1.82) is 0 Å². The number of Topliss-reactive ketones (excluding diaryl/α,β-unsaturated/α-hetero) is 1. The highest BCUT2D eigenvalue weighted by Crippen LogP contribution is 2.24. The van der Waals surface area contributed by atoms with Gasteiger partial charge in [-0.05, 0) is 23.1 Å². The minimum absolute atomic E-state index is 0.105. The predicted molar refractivity (Wildman–Crippen MR) is 77.2 cm³/mol. The number of nitrogens with one attached hydrogen (secondary N) is 1. The van der Waals surface area contributed by atoms with Gasteiger partial charge < -0.3 is 10.1 Å². The van der Waals surface area contributed by atoms with Gasteiger partial charge in [0.1, 0.15) is 5.69 Å². The van der Waals surface area contributed by atoms with E-state index in [1.54, 1.807) is 25.1 Å². The predicted octanol–water partition coefficient (Wildman–Crippen LogP) is 3.47. The van der Waals surface area contributed by atoms with Crippen molar-refractivity contribution in [2.45, 2.75) is 13.3 Å². The van der Waals surface area contributed by atoms with Gasteiger partial charge in [-0.1, -0.05) is 27.5 Å². The molecule has 1 heterocycles. The number of ketones is 1. The lowest BCUT2D eigenvalue weighted by atomic mass is 10.1. The highest BCUT2D eigenvalue weighted by molar-refractivity contribution is 9.10. The maximum atomic E-state index is 12.2. The van der Waals surface area contributed by atoms with Crippen molar-refractivity contribution in [3.8, 4) is 0 Å². The highest BCUT2D eigenvalue weighted by atomic mass is 79.9. The molecule has 0 fully saturated rings. The zero-order chi connectivity index (χ0) is 14.9. The molecule has 0 saturated heterocycles. The Labute approximate surface area is 127 Å². The van der Waals surface area contributed by atoms with Crippen molar-refractivity contribution in [2.24, 2.45) is 0 Å². The summed E-state index contributed by atoms with van der Waals surface area (Å²) in [7, 11) is 0. The van der Waals surface area contributed by atoms with Crippen LogP contribution in [-0.2, 0) is 6.42 Å². The number of carbonyl (C=O) groups is 1. The first-order valence-electron chi connectivity index (χ1n) is 5.56. The van der Waals surface area contributed by atoms with Gasteiger partial charge in [-0.25, -0.2) is 9.97 Å². The van der Waals surface area contributed by atoms with Gasteiger partial charge in [0, 0.05) is 17.0 Å². The summed E-state index contributed by atoms with van der Waals surface area (Å²) in [5, 5.41) is 11.2. The molecule has 0 aliphatic heterocycles. The normalized spacial score (nSPS) is 10.6. The fourth-order valence-electron chi connectivity index (χ4n) is 1.76. The minimum atomic E-state index is -0.592. The van der Waals surface area contributed by atoms with Crippen molar-refractivity contribution < 1.29 is 9.72 Å². The molecular formula is C12H9BrClN3O3. The summed E-state index contributed by atoms with van der Waals surface area (Å²) in [4.78, 5) is 29.0. The van der Waals surface area contributed by atoms with Gasteiger partial charge in [0.2, 0.25) is 0 Å². The zero-order valence-corrected chi connectivity index (χ0v) is 12.7. The van der Waals surface area contributed by atoms with Gasteiger partial charge in [-0.3, -0.25) is 4.79 Å². The average Bonchev–Trinajstić information content (AvgIpc) is 2.73. The summed E-state index contributed by atoms with van der Waals surface area (Å²) in [5.41, 5.74) is 0.407. The third kappa shape index (κ3) is 3.05. The molecule has 104 valence electrons. The van der Waals surface area contributed by atoms with Gasteiger partial charge in [0.05, 0.1) is 11.4 Å². The van der Waals surface area contributed by atoms with Crippen LogP contribution in [0.1, 0.15) is 21.9 Å². The number of hydrogen-bond acceptors (Lipinski definition) is 4. The molecule has 6 nitrogen and oxygen atoms in total. The van der Waals surface area contributed by atoms with Gasteiger partial charge in [0.15, 0.2) is 11.6 Å². The molecule has 0 unspecified atom stereocenters. The number of aromatic amines is 1. The fourth-order valence-corrected chi connectivity index (χ4v) is 2.34. The summed E-state index contributed by atoms with van der Waals surface area (Å²) >= 11 is 9.21. The molecule has 2 aromatic rings. The van der Waals surface area contributed by atoms with E-state index < -0.39 is 4.92 Å². The molecule has 0 atom stereocenters. The average molecular weight is 359 g/mol. The summed E-state index contributed by atoms with van der Waals surface area (Å²) in [6, 6.07) is 4.87. The monoisotopic (exact) mass is 357 g/mol. The minimum Gasteiger partial charge on any atom is -0.358 e. The molecule has 0 amide bonds. The third-order valence-electron chi connectivity index (χ3n) is 2.61. The van der Waals surface area contributed by atoms with Crippen molar-refractivity contribution >= 4 is 39.1 Å². The van der Waals surface area contributed by atoms with Crippen molar-refractivity contribution in [3.63, 3.8) is 0 Å². The summed E-state index contributed by atoms with van der Waals surface area (Å²) in [5.74, 6) is -0.201. The van der Waals surface area contributed by atoms with Crippen LogP contribution in [0.25, 0.3) is 0 Å². The Kier molecular flexibility index (Phi) is 4.20.